The molecule has 2 saturated heterocycles. The van der Waals surface area contributed by atoms with E-state index in [1.807, 2.05) is 13.8 Å². The highest BCUT2D eigenvalue weighted by Crippen LogP contribution is 2.39. The van der Waals surface area contributed by atoms with Gasteiger partial charge in [0, 0.05) is 5.92 Å². The van der Waals surface area contributed by atoms with Crippen molar-refractivity contribution < 1.29 is 14.3 Å². The Morgan fingerprint density at radius 2 is 1.95 bits per heavy atom. The molecule has 0 radical (unpaired) electrons. The largest absolute Gasteiger partial charge is 0.343 e. The van der Waals surface area contributed by atoms with Crippen molar-refractivity contribution in [2.24, 2.45) is 5.92 Å². The molecule has 108 valence electrons. The number of carbonyl (C=O) groups excluding carboxylic acids is 1. The number of nitrogens with zero attached hydrogens (tertiary/aromatic N) is 1. The zero-order chi connectivity index (χ0) is 12.2. The van der Waals surface area contributed by atoms with Gasteiger partial charge in [0.2, 0.25) is 5.91 Å². The molecule has 4 nitrogen and oxygen atoms in total. The van der Waals surface area contributed by atoms with Crippen molar-refractivity contribution >= 4 is 5.91 Å². The second-order valence-electron chi connectivity index (χ2n) is 5.51. The summed E-state index contributed by atoms with van der Waals surface area (Å²) in [5.41, 5.74) is 0. The molecule has 1 amide bonds. The Morgan fingerprint density at radius 3 is 2.47 bits per heavy atom. The van der Waals surface area contributed by atoms with Crippen LogP contribution in [0.5, 0.6) is 0 Å². The number of ether oxygens (including phenoxy) is 2. The zero-order valence-corrected chi connectivity index (χ0v) is 10.2. The SMILES string of the molecule is C.C.C#CC1[C@@H]2OC(C)(C)O[C@@H]2CN1C(=O)C1CC1. The lowest BCUT2D eigenvalue weighted by Crippen LogP contribution is -2.41. The van der Waals surface area contributed by atoms with E-state index >= 15 is 0 Å². The first kappa shape index (κ1) is 16.0. The van der Waals surface area contributed by atoms with Crippen LogP contribution in [-0.2, 0) is 14.3 Å². The van der Waals surface area contributed by atoms with Crippen LogP contribution in [-0.4, -0.2) is 41.4 Å². The Morgan fingerprint density at radius 1 is 1.32 bits per heavy atom. The monoisotopic (exact) mass is 267 g/mol. The van der Waals surface area contributed by atoms with Crippen molar-refractivity contribution in [3.8, 4) is 12.3 Å². The molecule has 0 spiro atoms. The molecule has 19 heavy (non-hydrogen) atoms. The molecule has 4 heteroatoms. The number of fused-ring (bicyclic) bond motifs is 1. The molecular weight excluding hydrogens is 242 g/mol. The molecule has 0 N–H and O–H groups in total. The first-order chi connectivity index (χ1) is 8.02. The van der Waals surface area contributed by atoms with Crippen molar-refractivity contribution in [2.75, 3.05) is 6.54 Å². The second-order valence-corrected chi connectivity index (χ2v) is 5.51. The summed E-state index contributed by atoms with van der Waals surface area (Å²) < 4.78 is 11.6. The smallest absolute Gasteiger partial charge is 0.226 e. The summed E-state index contributed by atoms with van der Waals surface area (Å²) in [4.78, 5) is 13.9. The van der Waals surface area contributed by atoms with E-state index in [1.165, 1.54) is 0 Å². The maximum atomic E-state index is 12.1. The molecule has 0 aromatic rings. The lowest BCUT2D eigenvalue weighted by Gasteiger charge is -2.26. The molecule has 3 atom stereocenters. The Hall–Kier alpha value is -1.05. The third-order valence-corrected chi connectivity index (χ3v) is 3.63. The van der Waals surface area contributed by atoms with E-state index in [2.05, 4.69) is 5.92 Å². The number of hydrogen-bond donors (Lipinski definition) is 0. The zero-order valence-electron chi connectivity index (χ0n) is 10.2. The van der Waals surface area contributed by atoms with Gasteiger partial charge in [0.1, 0.15) is 18.2 Å². The molecule has 1 unspecified atom stereocenters. The molecule has 1 aliphatic carbocycles. The fourth-order valence-corrected chi connectivity index (χ4v) is 2.73. The van der Waals surface area contributed by atoms with Gasteiger partial charge in [-0.15, -0.1) is 6.42 Å². The molecule has 3 fully saturated rings. The highest BCUT2D eigenvalue weighted by Gasteiger charge is 2.54. The Balaban J connectivity index is 0.000000902. The lowest BCUT2D eigenvalue weighted by molar-refractivity contribution is -0.164. The Bertz CT molecular complexity index is 395. The van der Waals surface area contributed by atoms with Gasteiger partial charge < -0.3 is 14.4 Å². The van der Waals surface area contributed by atoms with Crippen LogP contribution in [0.25, 0.3) is 0 Å². The lowest BCUT2D eigenvalue weighted by atomic mass is 10.1. The quantitative estimate of drug-likeness (QED) is 0.682. The van der Waals surface area contributed by atoms with Gasteiger partial charge in [-0.25, -0.2) is 0 Å². The summed E-state index contributed by atoms with van der Waals surface area (Å²) in [6, 6.07) is -0.269. The summed E-state index contributed by atoms with van der Waals surface area (Å²) in [6.45, 7) is 4.33. The van der Waals surface area contributed by atoms with Crippen LogP contribution < -0.4 is 0 Å². The number of hydrogen-bond acceptors (Lipinski definition) is 3. The van der Waals surface area contributed by atoms with Crippen molar-refractivity contribution in [1.29, 1.82) is 0 Å². The molecule has 3 rings (SSSR count). The van der Waals surface area contributed by atoms with E-state index in [-0.39, 0.29) is 44.9 Å². The summed E-state index contributed by atoms with van der Waals surface area (Å²) in [5, 5.41) is 0. The number of carbonyl (C=O) groups is 1. The molecule has 2 aliphatic heterocycles. The standard InChI is InChI=1S/C13H17NO3.2CH4/c1-4-9-11-10(16-13(2,3)17-11)7-14(9)12(15)8-5-6-8;;/h1,8-11H,5-7H2,2-3H3;2*1H4/t9?,10-,11+;;/m1../s1. The third kappa shape index (κ3) is 2.63. The van der Waals surface area contributed by atoms with Crippen LogP contribution in [0.15, 0.2) is 0 Å². The molecule has 0 aromatic carbocycles. The molecule has 0 bridgehead atoms. The average Bonchev–Trinajstić information content (AvgIpc) is 2.97. The van der Waals surface area contributed by atoms with E-state index < -0.39 is 5.79 Å². The van der Waals surface area contributed by atoms with Crippen molar-refractivity contribution in [3.63, 3.8) is 0 Å². The summed E-state index contributed by atoms with van der Waals surface area (Å²) in [5.74, 6) is 2.47. The van der Waals surface area contributed by atoms with E-state index in [4.69, 9.17) is 15.9 Å². The maximum Gasteiger partial charge on any atom is 0.226 e. The van der Waals surface area contributed by atoms with Crippen molar-refractivity contribution in [2.45, 2.75) is 65.6 Å². The summed E-state index contributed by atoms with van der Waals surface area (Å²) in [6.07, 6.45) is 7.29. The van der Waals surface area contributed by atoms with Gasteiger partial charge in [-0.1, -0.05) is 20.8 Å². The molecule has 0 aromatic heterocycles. The molecule has 2 heterocycles. The van der Waals surface area contributed by atoms with Crippen LogP contribution in [0.3, 0.4) is 0 Å². The van der Waals surface area contributed by atoms with Crippen LogP contribution in [0, 0.1) is 18.3 Å². The fourth-order valence-electron chi connectivity index (χ4n) is 2.73. The highest BCUT2D eigenvalue weighted by atomic mass is 16.8. The molecular formula is C15H25NO3. The van der Waals surface area contributed by atoms with Gasteiger partial charge in [0.15, 0.2) is 5.79 Å². The van der Waals surface area contributed by atoms with Gasteiger partial charge in [0.25, 0.3) is 0 Å². The Labute approximate surface area is 116 Å². The van der Waals surface area contributed by atoms with Crippen LogP contribution in [0.1, 0.15) is 41.5 Å². The number of amides is 1. The first-order valence-corrected chi connectivity index (χ1v) is 6.14. The van der Waals surface area contributed by atoms with Crippen LogP contribution in [0.4, 0.5) is 0 Å². The van der Waals surface area contributed by atoms with Gasteiger partial charge in [-0.2, -0.15) is 0 Å². The predicted molar refractivity (Wildman–Crippen MR) is 74.3 cm³/mol. The van der Waals surface area contributed by atoms with E-state index in [0.29, 0.717) is 6.54 Å². The van der Waals surface area contributed by atoms with Gasteiger partial charge in [-0.05, 0) is 26.7 Å². The third-order valence-electron chi connectivity index (χ3n) is 3.63. The Kier molecular flexibility index (Phi) is 4.33. The van der Waals surface area contributed by atoms with Gasteiger partial charge in [0.05, 0.1) is 6.54 Å². The van der Waals surface area contributed by atoms with E-state index in [1.54, 1.807) is 4.90 Å². The van der Waals surface area contributed by atoms with Crippen molar-refractivity contribution in [1.82, 2.24) is 4.90 Å². The number of likely N-dealkylation sites (tertiary alicyclic amines) is 1. The van der Waals surface area contributed by atoms with Gasteiger partial charge >= 0.3 is 0 Å². The maximum absolute atomic E-state index is 12.1. The fraction of sp³-hybridized carbons (Fsp3) is 0.800. The van der Waals surface area contributed by atoms with Crippen molar-refractivity contribution in [3.05, 3.63) is 0 Å². The van der Waals surface area contributed by atoms with Gasteiger partial charge in [-0.3, -0.25) is 4.79 Å². The van der Waals surface area contributed by atoms with E-state index in [0.717, 1.165) is 12.8 Å². The molecule has 1 saturated carbocycles. The average molecular weight is 267 g/mol. The number of terminal acetylenes is 1. The normalized spacial score (nSPS) is 34.8. The molecule has 3 aliphatic rings. The van der Waals surface area contributed by atoms with E-state index in [9.17, 15) is 4.79 Å². The van der Waals surface area contributed by atoms with Crippen LogP contribution in [0.2, 0.25) is 0 Å². The summed E-state index contributed by atoms with van der Waals surface area (Å²) in [7, 11) is 0. The minimum Gasteiger partial charge on any atom is -0.343 e. The first-order valence-electron chi connectivity index (χ1n) is 6.14. The predicted octanol–water partition coefficient (Wildman–Crippen LogP) is 2.03. The summed E-state index contributed by atoms with van der Waals surface area (Å²) >= 11 is 0. The highest BCUT2D eigenvalue weighted by molar-refractivity contribution is 5.82. The topological polar surface area (TPSA) is 38.8 Å². The van der Waals surface area contributed by atoms with Crippen LogP contribution >= 0.6 is 0 Å². The minimum atomic E-state index is -0.584. The second kappa shape index (κ2) is 5.15. The number of rotatable bonds is 1. The minimum absolute atomic E-state index is 0.